The van der Waals surface area contributed by atoms with Gasteiger partial charge in [-0.25, -0.2) is 19.2 Å². The predicted octanol–water partition coefficient (Wildman–Crippen LogP) is 4.63. The van der Waals surface area contributed by atoms with E-state index < -0.39 is 33.5 Å². The van der Waals surface area contributed by atoms with E-state index in [0.29, 0.717) is 21.7 Å². The number of rotatable bonds is 5. The summed E-state index contributed by atoms with van der Waals surface area (Å²) in [6.07, 6.45) is 0.214. The third-order valence-corrected chi connectivity index (χ3v) is 12.0. The molecule has 1 aromatic carbocycles. The monoisotopic (exact) mass is 633 g/mol. The van der Waals surface area contributed by atoms with Gasteiger partial charge in [0.2, 0.25) is 5.91 Å². The van der Waals surface area contributed by atoms with Crippen LogP contribution in [0.4, 0.5) is 5.69 Å². The van der Waals surface area contributed by atoms with Crippen LogP contribution in [0.15, 0.2) is 37.3 Å². The normalized spacial score (nSPS) is 18.5. The molecular weight excluding hydrogens is 603 g/mol. The molecule has 4 rings (SSSR count). The van der Waals surface area contributed by atoms with Crippen molar-refractivity contribution >= 4 is 76.3 Å². The van der Waals surface area contributed by atoms with Gasteiger partial charge in [0, 0.05) is 22.5 Å². The summed E-state index contributed by atoms with van der Waals surface area (Å²) in [7, 11) is 4.73. The first-order chi connectivity index (χ1) is 19.7. The van der Waals surface area contributed by atoms with Crippen LogP contribution in [0, 0.1) is 13.8 Å². The number of ether oxygens (including phenoxy) is 4. The van der Waals surface area contributed by atoms with Crippen molar-refractivity contribution in [2.24, 2.45) is 0 Å². The number of fused-ring (bicyclic) bond motifs is 3. The fourth-order valence-electron chi connectivity index (χ4n) is 5.18. The highest BCUT2D eigenvalue weighted by molar-refractivity contribution is 8.26. The summed E-state index contributed by atoms with van der Waals surface area (Å²) in [6.45, 7) is 9.34. The number of nitrogens with zero attached hydrogens (tertiary/aromatic N) is 1. The highest BCUT2D eigenvalue weighted by atomic mass is 32.2. The molecule has 10 nitrogen and oxygen atoms in total. The maximum Gasteiger partial charge on any atom is 0.345 e. The Morgan fingerprint density at radius 1 is 0.762 bits per heavy atom. The van der Waals surface area contributed by atoms with Crippen molar-refractivity contribution in [3.05, 3.63) is 54.0 Å². The molecule has 1 amide bonds. The molecule has 3 heterocycles. The van der Waals surface area contributed by atoms with Crippen LogP contribution in [-0.2, 0) is 42.9 Å². The molecule has 224 valence electrons. The molecule has 1 spiro atoms. The summed E-state index contributed by atoms with van der Waals surface area (Å²) in [5, 5.41) is 0. The lowest BCUT2D eigenvalue weighted by atomic mass is 9.82. The SMILES string of the molecule is CCC(=O)N1c2cc(C)c(C)cc2C2=C(SC(C(=O)OC)=C(C(=O)OC)C23SC(C(=O)OC)=C(C(=O)OC)S3)C1(C)C. The fourth-order valence-corrected chi connectivity index (χ4v) is 10.2. The van der Waals surface area contributed by atoms with Crippen molar-refractivity contribution < 1.29 is 42.9 Å². The maximum absolute atomic E-state index is 13.7. The maximum atomic E-state index is 13.7. The van der Waals surface area contributed by atoms with Crippen LogP contribution in [0.25, 0.3) is 5.57 Å². The van der Waals surface area contributed by atoms with Crippen molar-refractivity contribution in [3.8, 4) is 0 Å². The van der Waals surface area contributed by atoms with Gasteiger partial charge in [0.1, 0.15) is 18.8 Å². The zero-order valence-electron chi connectivity index (χ0n) is 24.7. The molecule has 1 aromatic rings. The van der Waals surface area contributed by atoms with Crippen LogP contribution in [-0.4, -0.2) is 67.8 Å². The quantitative estimate of drug-likeness (QED) is 0.332. The Labute approximate surface area is 256 Å². The number of methoxy groups -OCH3 is 4. The van der Waals surface area contributed by atoms with Gasteiger partial charge in [0.25, 0.3) is 0 Å². The Kier molecular flexibility index (Phi) is 8.69. The van der Waals surface area contributed by atoms with Crippen LogP contribution in [0.2, 0.25) is 0 Å². The minimum absolute atomic E-state index is 0.0808. The van der Waals surface area contributed by atoms with Crippen molar-refractivity contribution in [1.82, 2.24) is 0 Å². The lowest BCUT2D eigenvalue weighted by Crippen LogP contribution is -2.53. The average molecular weight is 634 g/mol. The van der Waals surface area contributed by atoms with E-state index in [1.807, 2.05) is 39.8 Å². The van der Waals surface area contributed by atoms with Gasteiger partial charge in [-0.15, -0.1) is 0 Å². The van der Waals surface area contributed by atoms with E-state index in [-0.39, 0.29) is 32.6 Å². The van der Waals surface area contributed by atoms with E-state index in [0.717, 1.165) is 46.4 Å². The van der Waals surface area contributed by atoms with Gasteiger partial charge in [-0.3, -0.25) is 4.79 Å². The molecule has 0 fully saturated rings. The summed E-state index contributed by atoms with van der Waals surface area (Å²) >= 11 is 2.82. The van der Waals surface area contributed by atoms with E-state index in [2.05, 4.69) is 0 Å². The number of benzene rings is 1. The molecule has 0 saturated heterocycles. The Balaban J connectivity index is 2.21. The predicted molar refractivity (Wildman–Crippen MR) is 162 cm³/mol. The van der Waals surface area contributed by atoms with Crippen molar-refractivity contribution in [2.75, 3.05) is 33.3 Å². The van der Waals surface area contributed by atoms with Gasteiger partial charge < -0.3 is 23.8 Å². The smallest absolute Gasteiger partial charge is 0.345 e. The summed E-state index contributed by atoms with van der Waals surface area (Å²) in [4.78, 5) is 68.8. The van der Waals surface area contributed by atoms with Crippen LogP contribution >= 0.6 is 35.3 Å². The number of hydrogen-bond donors (Lipinski definition) is 0. The standard InChI is InChI=1S/C29H31NO9S3/c1-10-17(31)30-16-12-14(3)13(2)11-15(16)18-23(28(30,4)5)40-20(25(33)37-7)19(24(32)36-6)29(18)41-21(26(34)38-8)22(42-29)27(35)39-9/h11-12H,10H2,1-9H3. The molecule has 0 N–H and O–H groups in total. The molecule has 3 aliphatic heterocycles. The minimum Gasteiger partial charge on any atom is -0.466 e. The molecule has 3 aliphatic rings. The summed E-state index contributed by atoms with van der Waals surface area (Å²) in [6, 6.07) is 3.83. The molecule has 0 unspecified atom stereocenters. The molecule has 0 bridgehead atoms. The Bertz CT molecular complexity index is 1510. The van der Waals surface area contributed by atoms with E-state index in [1.165, 1.54) is 28.4 Å². The number of amides is 1. The van der Waals surface area contributed by atoms with Gasteiger partial charge in [-0.05, 0) is 51.0 Å². The number of carbonyl (C=O) groups is 5. The number of aryl methyl sites for hydroxylation is 2. The molecule has 0 saturated carbocycles. The lowest BCUT2D eigenvalue weighted by Gasteiger charge is -2.51. The first-order valence-electron chi connectivity index (χ1n) is 12.8. The highest BCUT2D eigenvalue weighted by Gasteiger charge is 2.61. The number of anilines is 1. The summed E-state index contributed by atoms with van der Waals surface area (Å²) in [5.41, 5.74) is 2.49. The molecule has 0 atom stereocenters. The zero-order valence-corrected chi connectivity index (χ0v) is 27.2. The summed E-state index contributed by atoms with van der Waals surface area (Å²) < 4.78 is 18.8. The number of esters is 4. The Hall–Kier alpha value is -3.16. The largest absolute Gasteiger partial charge is 0.466 e. The van der Waals surface area contributed by atoms with Crippen LogP contribution in [0.1, 0.15) is 43.9 Å². The third-order valence-electron chi connectivity index (χ3n) is 7.31. The second-order valence-corrected chi connectivity index (χ2v) is 13.8. The zero-order chi connectivity index (χ0) is 31.3. The Morgan fingerprint density at radius 3 is 1.71 bits per heavy atom. The topological polar surface area (TPSA) is 126 Å². The molecule has 0 radical (unpaired) electrons. The molecule has 13 heteroatoms. The molecule has 0 aliphatic carbocycles. The Morgan fingerprint density at radius 2 is 1.24 bits per heavy atom. The number of carbonyl (C=O) groups excluding carboxylic acids is 5. The van der Waals surface area contributed by atoms with Gasteiger partial charge in [0.05, 0.1) is 45.2 Å². The average Bonchev–Trinajstić information content (AvgIpc) is 3.36. The van der Waals surface area contributed by atoms with Gasteiger partial charge in [-0.2, -0.15) is 0 Å². The van der Waals surface area contributed by atoms with Crippen LogP contribution in [0.5, 0.6) is 0 Å². The fraction of sp³-hybridized carbons (Fsp3) is 0.414. The minimum atomic E-state index is -1.60. The molecular formula is C29H31NO9S3. The van der Waals surface area contributed by atoms with Gasteiger partial charge >= 0.3 is 23.9 Å². The number of thioether (sulfide) groups is 3. The highest BCUT2D eigenvalue weighted by Crippen LogP contribution is 2.71. The van der Waals surface area contributed by atoms with Crippen molar-refractivity contribution in [3.63, 3.8) is 0 Å². The van der Waals surface area contributed by atoms with E-state index in [9.17, 15) is 24.0 Å². The second kappa shape index (κ2) is 11.5. The lowest BCUT2D eigenvalue weighted by molar-refractivity contribution is -0.138. The van der Waals surface area contributed by atoms with Crippen LogP contribution in [0.3, 0.4) is 0 Å². The molecule has 42 heavy (non-hydrogen) atoms. The first kappa shape index (κ1) is 31.8. The molecule has 0 aromatic heterocycles. The number of hydrogen-bond acceptors (Lipinski definition) is 12. The van der Waals surface area contributed by atoms with Gasteiger partial charge in [-0.1, -0.05) is 42.2 Å². The second-order valence-electron chi connectivity index (χ2n) is 10.1. The first-order valence-corrected chi connectivity index (χ1v) is 15.3. The van der Waals surface area contributed by atoms with Crippen LogP contribution < -0.4 is 4.90 Å². The van der Waals surface area contributed by atoms with Gasteiger partial charge in [0.15, 0.2) is 0 Å². The van der Waals surface area contributed by atoms with Crippen molar-refractivity contribution in [2.45, 2.75) is 50.7 Å². The summed E-state index contributed by atoms with van der Waals surface area (Å²) in [5.74, 6) is -3.43. The third kappa shape index (κ3) is 4.65. The van der Waals surface area contributed by atoms with E-state index in [1.54, 1.807) is 11.8 Å². The van der Waals surface area contributed by atoms with Crippen molar-refractivity contribution in [1.29, 1.82) is 0 Å². The van der Waals surface area contributed by atoms with E-state index >= 15 is 0 Å². The van der Waals surface area contributed by atoms with E-state index in [4.69, 9.17) is 18.9 Å².